The Bertz CT molecular complexity index is 574. The number of hydroxylamine groups is 4. The third-order valence-electron chi connectivity index (χ3n) is 7.45. The molecule has 3 rings (SSSR count). The average Bonchev–Trinajstić information content (AvgIpc) is 2.77. The van der Waals surface area contributed by atoms with E-state index >= 15 is 0 Å². The minimum absolute atomic E-state index is 0.0830. The Morgan fingerprint density at radius 3 is 2.48 bits per heavy atom. The number of halogens is 1. The van der Waals surface area contributed by atoms with Gasteiger partial charge in [-0.1, -0.05) is 35.9 Å². The van der Waals surface area contributed by atoms with Crippen LogP contribution in [0.1, 0.15) is 71.1 Å². The summed E-state index contributed by atoms with van der Waals surface area (Å²) in [6.07, 6.45) is 9.48. The largest absolute Gasteiger partial charge is 0.762 e. The van der Waals surface area contributed by atoms with Gasteiger partial charge in [0.25, 0.3) is 0 Å². The number of hydrogen-bond acceptors (Lipinski definition) is 9. The fourth-order valence-corrected chi connectivity index (χ4v) is 6.10. The van der Waals surface area contributed by atoms with Gasteiger partial charge in [0, 0.05) is 35.0 Å². The van der Waals surface area contributed by atoms with Crippen molar-refractivity contribution in [2.24, 2.45) is 16.9 Å². The highest BCUT2D eigenvalue weighted by atomic mass is 127. The van der Waals surface area contributed by atoms with Crippen LogP contribution in [0.5, 0.6) is 0 Å². The zero-order chi connectivity index (χ0) is 22.4. The van der Waals surface area contributed by atoms with Gasteiger partial charge in [-0.3, -0.25) is 15.4 Å². The molecule has 0 aromatic heterocycles. The molecule has 0 spiro atoms. The Balaban J connectivity index is 1.68. The molecule has 1 aliphatic heterocycles. The number of hydrazone groups is 1. The van der Waals surface area contributed by atoms with E-state index in [0.717, 1.165) is 48.0 Å². The first-order valence-electron chi connectivity index (χ1n) is 11.9. The molecule has 3 N–H and O–H groups in total. The molecule has 0 aromatic carbocycles. The lowest BCUT2D eigenvalue weighted by Gasteiger charge is -2.45. The predicted molar refractivity (Wildman–Crippen MR) is 129 cm³/mol. The van der Waals surface area contributed by atoms with Crippen LogP contribution in [0.25, 0.3) is 0 Å². The molecule has 9 nitrogen and oxygen atoms in total. The van der Waals surface area contributed by atoms with E-state index in [1.54, 1.807) is 0 Å². The van der Waals surface area contributed by atoms with Crippen LogP contribution in [0.15, 0.2) is 5.10 Å². The maximum atomic E-state index is 11.7. The first-order valence-corrected chi connectivity index (χ1v) is 13.1. The highest BCUT2D eigenvalue weighted by Crippen LogP contribution is 2.31. The Morgan fingerprint density at radius 1 is 1.10 bits per heavy atom. The van der Waals surface area contributed by atoms with Gasteiger partial charge in [-0.25, -0.2) is 0 Å². The lowest BCUT2D eigenvalue weighted by molar-refractivity contribution is -0.137. The molecular formula is C21H38IN5O4-2. The van der Waals surface area contributed by atoms with Crippen LogP contribution >= 0.6 is 22.6 Å². The third kappa shape index (κ3) is 7.46. The van der Waals surface area contributed by atoms with Gasteiger partial charge in [0.15, 0.2) is 0 Å². The van der Waals surface area contributed by atoms with Gasteiger partial charge in [0.1, 0.15) is 0 Å². The summed E-state index contributed by atoms with van der Waals surface area (Å²) >= 11 is 2.54. The molecule has 2 aliphatic carbocycles. The molecule has 31 heavy (non-hydrogen) atoms. The molecule has 10 heteroatoms. The Labute approximate surface area is 199 Å². The van der Waals surface area contributed by atoms with Crippen LogP contribution in [0, 0.1) is 22.3 Å². The van der Waals surface area contributed by atoms with Crippen LogP contribution in [0.4, 0.5) is 0 Å². The SMILES string of the molecule is CCC1CCCN(CC(=NNC2CCC(N([O-])O)CC2N([O-])O)C2CCC(I)CC2)C1. The van der Waals surface area contributed by atoms with Crippen LogP contribution in [0.3, 0.4) is 0 Å². The molecule has 0 amide bonds. The van der Waals surface area contributed by atoms with Crippen molar-refractivity contribution in [3.05, 3.63) is 10.4 Å². The summed E-state index contributed by atoms with van der Waals surface area (Å²) < 4.78 is 0.735. The van der Waals surface area contributed by atoms with E-state index in [1.807, 2.05) is 0 Å². The van der Waals surface area contributed by atoms with E-state index in [4.69, 9.17) is 5.10 Å². The quantitative estimate of drug-likeness (QED) is 0.181. The summed E-state index contributed by atoms with van der Waals surface area (Å²) in [6.45, 7) is 5.34. The van der Waals surface area contributed by atoms with E-state index in [2.05, 4.69) is 39.8 Å². The zero-order valence-electron chi connectivity index (χ0n) is 18.5. The highest BCUT2D eigenvalue weighted by Gasteiger charge is 2.33. The number of nitrogens with one attached hydrogen (secondary N) is 1. The first-order chi connectivity index (χ1) is 14.9. The topological polar surface area (TPSA) is 121 Å². The number of alkyl halides is 1. The van der Waals surface area contributed by atoms with Crippen molar-refractivity contribution in [3.63, 3.8) is 0 Å². The molecule has 1 heterocycles. The highest BCUT2D eigenvalue weighted by molar-refractivity contribution is 14.1. The minimum Gasteiger partial charge on any atom is -0.762 e. The van der Waals surface area contributed by atoms with Gasteiger partial charge in [0.05, 0.1) is 11.8 Å². The predicted octanol–water partition coefficient (Wildman–Crippen LogP) is 3.72. The van der Waals surface area contributed by atoms with E-state index < -0.39 is 12.1 Å². The second kappa shape index (κ2) is 12.4. The van der Waals surface area contributed by atoms with E-state index in [-0.39, 0.29) is 22.9 Å². The smallest absolute Gasteiger partial charge is 0.0608 e. The number of likely N-dealkylation sites (tertiary alicyclic amines) is 1. The van der Waals surface area contributed by atoms with Crippen molar-refractivity contribution in [1.82, 2.24) is 20.8 Å². The summed E-state index contributed by atoms with van der Waals surface area (Å²) in [5.74, 6) is 1.20. The maximum Gasteiger partial charge on any atom is 0.0608 e. The van der Waals surface area contributed by atoms with Crippen molar-refractivity contribution < 1.29 is 10.4 Å². The summed E-state index contributed by atoms with van der Waals surface area (Å²) in [5.41, 5.74) is 4.35. The molecule has 0 bridgehead atoms. The standard InChI is InChI=1S/C21H38IN5O4/c1-2-15-4-3-11-25(13-15)14-20(16-5-7-17(22)8-6-16)24-23-19-10-9-18(26(28)29)12-21(19)27(30)31/h15-19,21,23,28,30H,2-14H2,1H3/q-2. The Kier molecular flexibility index (Phi) is 10.2. The molecule has 4 atom stereocenters. The van der Waals surface area contributed by atoms with Crippen LogP contribution in [-0.2, 0) is 0 Å². The van der Waals surface area contributed by atoms with Crippen molar-refractivity contribution in [3.8, 4) is 0 Å². The van der Waals surface area contributed by atoms with Crippen molar-refractivity contribution in [2.45, 2.75) is 93.2 Å². The maximum absolute atomic E-state index is 11.7. The monoisotopic (exact) mass is 551 g/mol. The van der Waals surface area contributed by atoms with Crippen LogP contribution < -0.4 is 5.43 Å². The number of hydrogen-bond donors (Lipinski definition) is 3. The molecule has 0 aromatic rings. The summed E-state index contributed by atoms with van der Waals surface area (Å²) in [7, 11) is 0. The molecule has 1 saturated heterocycles. The fourth-order valence-electron chi connectivity index (χ4n) is 5.39. The van der Waals surface area contributed by atoms with Crippen LogP contribution in [-0.4, -0.2) is 73.2 Å². The van der Waals surface area contributed by atoms with Gasteiger partial charge in [-0.15, -0.1) is 0 Å². The molecule has 3 fully saturated rings. The van der Waals surface area contributed by atoms with E-state index in [9.17, 15) is 20.8 Å². The van der Waals surface area contributed by atoms with Gasteiger partial charge in [0.2, 0.25) is 0 Å². The van der Waals surface area contributed by atoms with E-state index in [1.165, 1.54) is 32.1 Å². The molecule has 180 valence electrons. The van der Waals surface area contributed by atoms with Crippen molar-refractivity contribution in [2.75, 3.05) is 19.6 Å². The molecule has 4 unspecified atom stereocenters. The fraction of sp³-hybridized carbons (Fsp3) is 0.952. The second-order valence-corrected chi connectivity index (χ2v) is 11.3. The van der Waals surface area contributed by atoms with Gasteiger partial charge >= 0.3 is 0 Å². The van der Waals surface area contributed by atoms with Gasteiger partial charge in [-0.2, -0.15) is 5.10 Å². The second-order valence-electron chi connectivity index (χ2n) is 9.58. The van der Waals surface area contributed by atoms with Gasteiger partial charge in [-0.05, 0) is 70.3 Å². The molecule has 2 saturated carbocycles. The summed E-state index contributed by atoms with van der Waals surface area (Å²) in [4.78, 5) is 2.52. The number of nitrogens with zero attached hydrogens (tertiary/aromatic N) is 4. The van der Waals surface area contributed by atoms with Crippen LogP contribution in [0.2, 0.25) is 0 Å². The number of piperidine rings is 1. The average molecular weight is 551 g/mol. The van der Waals surface area contributed by atoms with Crippen molar-refractivity contribution >= 4 is 28.3 Å². The van der Waals surface area contributed by atoms with Crippen molar-refractivity contribution in [1.29, 1.82) is 0 Å². The molecule has 0 radical (unpaired) electrons. The van der Waals surface area contributed by atoms with E-state index in [0.29, 0.717) is 18.8 Å². The molecule has 3 aliphatic rings. The lowest BCUT2D eigenvalue weighted by atomic mass is 9.85. The van der Waals surface area contributed by atoms with Gasteiger partial charge < -0.3 is 26.3 Å². The number of rotatable bonds is 8. The Hall–Kier alpha value is -0.0800. The normalized spacial score (nSPS) is 36.2. The third-order valence-corrected chi connectivity index (χ3v) is 8.70. The summed E-state index contributed by atoms with van der Waals surface area (Å²) in [5, 5.41) is 46.4. The molecular weight excluding hydrogens is 513 g/mol. The zero-order valence-corrected chi connectivity index (χ0v) is 20.7. The summed E-state index contributed by atoms with van der Waals surface area (Å²) in [6, 6.07) is -1.83. The lowest BCUT2D eigenvalue weighted by Crippen LogP contribution is -2.53. The first kappa shape index (κ1) is 25.5. The Morgan fingerprint density at radius 2 is 1.84 bits per heavy atom. The minimum atomic E-state index is -0.808.